The molecular formula is C32H30BrCl2N3O5S. The highest BCUT2D eigenvalue weighted by Crippen LogP contribution is 2.37. The standard InChI is InChI=1S/C32H30BrCl2N3O5S/c1-20-5-12-27(13-21(20)2)38(44(4,40)41)18-22-6-8-24(9-7-22)32(39)37-36-17-23-14-28(33)31(30(15-23)42-3)43-19-25-10-11-26(34)16-29(25)35/h5-17H,18-19H2,1-4H3,(H,37,39)/b36-17-. The Balaban J connectivity index is 1.40. The largest absolute Gasteiger partial charge is 0.493 e. The van der Waals surface area contributed by atoms with Gasteiger partial charge in [0.2, 0.25) is 10.0 Å². The van der Waals surface area contributed by atoms with E-state index in [0.717, 1.165) is 22.3 Å². The lowest BCUT2D eigenvalue weighted by Gasteiger charge is -2.23. The van der Waals surface area contributed by atoms with Crippen LogP contribution < -0.4 is 19.2 Å². The van der Waals surface area contributed by atoms with Crippen LogP contribution in [0.4, 0.5) is 5.69 Å². The Morgan fingerprint density at radius 1 is 1.00 bits per heavy atom. The van der Waals surface area contributed by atoms with Crippen LogP contribution in [0, 0.1) is 13.8 Å². The lowest BCUT2D eigenvalue weighted by molar-refractivity contribution is 0.0955. The number of ether oxygens (including phenoxy) is 2. The van der Waals surface area contributed by atoms with Gasteiger partial charge in [-0.05, 0) is 101 Å². The molecule has 44 heavy (non-hydrogen) atoms. The first-order valence-corrected chi connectivity index (χ1v) is 16.7. The molecule has 0 bridgehead atoms. The number of sulfonamides is 1. The molecule has 0 aliphatic rings. The monoisotopic (exact) mass is 717 g/mol. The van der Waals surface area contributed by atoms with Crippen molar-refractivity contribution in [2.45, 2.75) is 27.0 Å². The molecule has 0 saturated heterocycles. The van der Waals surface area contributed by atoms with Gasteiger partial charge in [0.25, 0.3) is 5.91 Å². The zero-order chi connectivity index (χ0) is 32.0. The zero-order valence-corrected chi connectivity index (χ0v) is 28.3. The third-order valence-corrected chi connectivity index (χ3v) is 9.06. The molecule has 12 heteroatoms. The molecule has 0 aliphatic carbocycles. The molecular weight excluding hydrogens is 689 g/mol. The lowest BCUT2D eigenvalue weighted by Crippen LogP contribution is -2.29. The van der Waals surface area contributed by atoms with E-state index < -0.39 is 15.9 Å². The first-order valence-electron chi connectivity index (χ1n) is 13.3. The molecule has 1 amide bonds. The molecule has 4 aromatic rings. The summed E-state index contributed by atoms with van der Waals surface area (Å²) in [5.41, 5.74) is 7.68. The molecule has 0 aromatic heterocycles. The minimum atomic E-state index is -3.54. The number of methoxy groups -OCH3 is 1. The van der Waals surface area contributed by atoms with Gasteiger partial charge in [0.15, 0.2) is 11.5 Å². The van der Waals surface area contributed by atoms with Gasteiger partial charge >= 0.3 is 0 Å². The molecule has 4 aromatic carbocycles. The summed E-state index contributed by atoms with van der Waals surface area (Å²) in [7, 11) is -2.01. The van der Waals surface area contributed by atoms with E-state index in [0.29, 0.717) is 42.8 Å². The third kappa shape index (κ3) is 8.53. The van der Waals surface area contributed by atoms with E-state index in [1.807, 2.05) is 26.0 Å². The van der Waals surface area contributed by atoms with Gasteiger partial charge in [-0.25, -0.2) is 13.8 Å². The predicted octanol–water partition coefficient (Wildman–Crippen LogP) is 7.69. The average molecular weight is 719 g/mol. The molecule has 0 saturated carbocycles. The minimum absolute atomic E-state index is 0.130. The van der Waals surface area contributed by atoms with Crippen LogP contribution in [0.5, 0.6) is 11.5 Å². The summed E-state index contributed by atoms with van der Waals surface area (Å²) in [4.78, 5) is 12.7. The summed E-state index contributed by atoms with van der Waals surface area (Å²) in [6, 6.07) is 20.9. The number of carbonyl (C=O) groups is 1. The van der Waals surface area contributed by atoms with Crippen LogP contribution in [0.2, 0.25) is 10.0 Å². The summed E-state index contributed by atoms with van der Waals surface area (Å²) < 4.78 is 38.5. The number of hydrazone groups is 1. The molecule has 8 nitrogen and oxygen atoms in total. The summed E-state index contributed by atoms with van der Waals surface area (Å²) in [5.74, 6) is 0.510. The van der Waals surface area contributed by atoms with E-state index in [9.17, 15) is 13.2 Å². The summed E-state index contributed by atoms with van der Waals surface area (Å²) in [6.07, 6.45) is 2.65. The highest BCUT2D eigenvalue weighted by molar-refractivity contribution is 9.10. The molecule has 0 fully saturated rings. The quantitative estimate of drug-likeness (QED) is 0.127. The van der Waals surface area contributed by atoms with Gasteiger partial charge < -0.3 is 9.47 Å². The third-order valence-electron chi connectivity index (χ3n) is 6.74. The fraction of sp³-hybridized carbons (Fsp3) is 0.188. The highest BCUT2D eigenvalue weighted by atomic mass is 79.9. The second-order valence-corrected chi connectivity index (χ2v) is 13.6. The Morgan fingerprint density at radius 2 is 1.73 bits per heavy atom. The molecule has 0 heterocycles. The van der Waals surface area contributed by atoms with Gasteiger partial charge in [0.05, 0.1) is 36.3 Å². The molecule has 0 atom stereocenters. The van der Waals surface area contributed by atoms with Crippen molar-refractivity contribution in [1.29, 1.82) is 0 Å². The van der Waals surface area contributed by atoms with E-state index in [2.05, 4.69) is 26.5 Å². The zero-order valence-electron chi connectivity index (χ0n) is 24.4. The number of halogens is 3. The molecule has 4 rings (SSSR count). The van der Waals surface area contributed by atoms with Crippen LogP contribution in [-0.4, -0.2) is 33.9 Å². The number of nitrogens with one attached hydrogen (secondary N) is 1. The van der Waals surface area contributed by atoms with Gasteiger partial charge in [-0.1, -0.05) is 47.5 Å². The summed E-state index contributed by atoms with van der Waals surface area (Å²) in [5, 5.41) is 5.11. The Labute approximate surface area is 275 Å². The van der Waals surface area contributed by atoms with Crippen molar-refractivity contribution < 1.29 is 22.7 Å². The maximum Gasteiger partial charge on any atom is 0.271 e. The Bertz CT molecular complexity index is 1820. The number of nitrogens with zero attached hydrogens (tertiary/aromatic N) is 2. The Hall–Kier alpha value is -3.57. The van der Waals surface area contributed by atoms with Crippen LogP contribution in [0.15, 0.2) is 82.4 Å². The molecule has 0 unspecified atom stereocenters. The first kappa shape index (κ1) is 33.3. The minimum Gasteiger partial charge on any atom is -0.493 e. The van der Waals surface area contributed by atoms with E-state index in [1.54, 1.807) is 60.7 Å². The molecule has 1 N–H and O–H groups in total. The van der Waals surface area contributed by atoms with Crippen LogP contribution in [0.3, 0.4) is 0 Å². The second kappa shape index (κ2) is 14.5. The van der Waals surface area contributed by atoms with Crippen LogP contribution in [0.25, 0.3) is 0 Å². The summed E-state index contributed by atoms with van der Waals surface area (Å²) in [6.45, 7) is 4.24. The molecule has 0 spiro atoms. The molecule has 230 valence electrons. The van der Waals surface area contributed by atoms with E-state index in [1.165, 1.54) is 23.9 Å². The number of anilines is 1. The number of hydrogen-bond donors (Lipinski definition) is 1. The molecule has 0 aliphatic heterocycles. The number of hydrogen-bond acceptors (Lipinski definition) is 6. The maximum absolute atomic E-state index is 12.7. The topological polar surface area (TPSA) is 97.3 Å². The number of benzene rings is 4. The number of aryl methyl sites for hydroxylation is 2. The van der Waals surface area contributed by atoms with Crippen molar-refractivity contribution >= 4 is 67.0 Å². The van der Waals surface area contributed by atoms with Crippen molar-refractivity contribution in [3.05, 3.63) is 121 Å². The number of rotatable bonds is 11. The maximum atomic E-state index is 12.7. The van der Waals surface area contributed by atoms with Gasteiger partial charge in [-0.3, -0.25) is 9.10 Å². The lowest BCUT2D eigenvalue weighted by atomic mass is 10.1. The number of amides is 1. The van der Waals surface area contributed by atoms with Gasteiger partial charge in [0.1, 0.15) is 6.61 Å². The van der Waals surface area contributed by atoms with Crippen molar-refractivity contribution in [3.8, 4) is 11.5 Å². The van der Waals surface area contributed by atoms with Crippen molar-refractivity contribution in [1.82, 2.24) is 5.43 Å². The van der Waals surface area contributed by atoms with Crippen molar-refractivity contribution in [2.24, 2.45) is 5.10 Å². The summed E-state index contributed by atoms with van der Waals surface area (Å²) >= 11 is 15.7. The smallest absolute Gasteiger partial charge is 0.271 e. The van der Waals surface area contributed by atoms with E-state index in [-0.39, 0.29) is 13.2 Å². The van der Waals surface area contributed by atoms with Gasteiger partial charge in [-0.2, -0.15) is 5.10 Å². The van der Waals surface area contributed by atoms with Crippen LogP contribution in [0.1, 0.15) is 38.2 Å². The average Bonchev–Trinajstić information content (AvgIpc) is 2.97. The Morgan fingerprint density at radius 3 is 2.36 bits per heavy atom. The highest BCUT2D eigenvalue weighted by Gasteiger charge is 2.19. The number of carbonyl (C=O) groups excluding carboxylic acids is 1. The normalized spacial score (nSPS) is 11.4. The second-order valence-electron chi connectivity index (χ2n) is 9.99. The first-order chi connectivity index (χ1) is 20.8. The fourth-order valence-electron chi connectivity index (χ4n) is 4.18. The van der Waals surface area contributed by atoms with E-state index >= 15 is 0 Å². The van der Waals surface area contributed by atoms with E-state index in [4.69, 9.17) is 32.7 Å². The molecule has 0 radical (unpaired) electrons. The SMILES string of the molecule is COc1cc(/C=N\NC(=O)c2ccc(CN(c3ccc(C)c(C)c3)S(C)(=O)=O)cc2)cc(Br)c1OCc1ccc(Cl)cc1Cl. The predicted molar refractivity (Wildman–Crippen MR) is 180 cm³/mol. The van der Waals surface area contributed by atoms with Crippen LogP contribution in [-0.2, 0) is 23.2 Å². The fourth-order valence-corrected chi connectivity index (χ4v) is 6.10. The van der Waals surface area contributed by atoms with Crippen LogP contribution >= 0.6 is 39.1 Å². The van der Waals surface area contributed by atoms with Crippen molar-refractivity contribution in [2.75, 3.05) is 17.7 Å². The van der Waals surface area contributed by atoms with Crippen molar-refractivity contribution in [3.63, 3.8) is 0 Å². The Kier molecular flexibility index (Phi) is 11.0. The van der Waals surface area contributed by atoms with Gasteiger partial charge in [-0.15, -0.1) is 0 Å². The van der Waals surface area contributed by atoms with Gasteiger partial charge in [0, 0.05) is 21.2 Å².